The zero-order valence-corrected chi connectivity index (χ0v) is 4.03. The maximum Gasteiger partial charge on any atom is 0.0814 e. The van der Waals surface area contributed by atoms with E-state index in [2.05, 4.69) is 0 Å². The van der Waals surface area contributed by atoms with Crippen LogP contribution in [0.2, 0.25) is 0 Å². The number of rotatable bonds is 0. The molecule has 0 aromatic heterocycles. The van der Waals surface area contributed by atoms with Gasteiger partial charge in [-0.25, -0.2) is 0 Å². The zero-order valence-electron chi connectivity index (χ0n) is 3.03. The monoisotopic (exact) mass is 104 g/mol. The fourth-order valence-corrected chi connectivity index (χ4v) is 1.08. The molecule has 1 nitrogen and oxygen atoms in total. The summed E-state index contributed by atoms with van der Waals surface area (Å²) in [7, 11) is 0.809. The van der Waals surface area contributed by atoms with Crippen LogP contribution in [0.15, 0.2) is 0 Å². The van der Waals surface area contributed by atoms with Crippen molar-refractivity contribution < 1.29 is 4.52 Å². The first-order valence-electron chi connectivity index (χ1n) is 1.85. The molecule has 1 atom stereocenters. The Kier molecular flexibility index (Phi) is 3.91. The molecule has 0 saturated carbocycles. The van der Waals surface area contributed by atoms with E-state index >= 15 is 0 Å². The Morgan fingerprint density at radius 1 is 1.50 bits per heavy atom. The maximum atomic E-state index is 4.97. The highest BCUT2D eigenvalue weighted by molar-refractivity contribution is 7.32. The van der Waals surface area contributed by atoms with Gasteiger partial charge in [0.1, 0.15) is 0 Å². The van der Waals surface area contributed by atoms with E-state index in [4.69, 9.17) is 4.52 Å². The van der Waals surface area contributed by atoms with Gasteiger partial charge in [0, 0.05) is 8.81 Å². The molecule has 0 radical (unpaired) electrons. The molecular weight excluding hydrogens is 93.8 g/mol. The van der Waals surface area contributed by atoms with E-state index in [-0.39, 0.29) is 8.41 Å². The second-order valence-corrected chi connectivity index (χ2v) is 2.17. The van der Waals surface area contributed by atoms with Crippen LogP contribution in [0.5, 0.6) is 0 Å². The topological polar surface area (TPSA) is 9.23 Å². The van der Waals surface area contributed by atoms with Crippen LogP contribution in [0.3, 0.4) is 0 Å². The highest BCUT2D eigenvalue weighted by Gasteiger charge is 1.95. The minimum absolute atomic E-state index is 0. The van der Waals surface area contributed by atoms with Crippen molar-refractivity contribution in [3.8, 4) is 0 Å². The van der Waals surface area contributed by atoms with Crippen LogP contribution in [-0.2, 0) is 4.52 Å². The van der Waals surface area contributed by atoms with E-state index < -0.39 is 0 Å². The average Bonchev–Trinajstić information content (AvgIpc) is 1.76. The standard InChI is InChI=1S/C3H7OP.BH3/c1-2-4-5-3-1;/h5H,1-3H2;1H3. The molecule has 0 aliphatic carbocycles. The molecule has 3 heteroatoms. The quantitative estimate of drug-likeness (QED) is 0.306. The van der Waals surface area contributed by atoms with Crippen LogP contribution in [0.1, 0.15) is 6.42 Å². The van der Waals surface area contributed by atoms with Crippen LogP contribution in [-0.4, -0.2) is 21.2 Å². The van der Waals surface area contributed by atoms with Gasteiger partial charge in [-0.05, 0) is 12.6 Å². The van der Waals surface area contributed by atoms with Gasteiger partial charge in [-0.1, -0.05) is 0 Å². The number of hydrogen-bond donors (Lipinski definition) is 0. The molecule has 6 heavy (non-hydrogen) atoms. The molecule has 0 spiro atoms. The summed E-state index contributed by atoms with van der Waals surface area (Å²) in [6, 6.07) is 0. The summed E-state index contributed by atoms with van der Waals surface area (Å²) in [6.45, 7) is 1.01. The summed E-state index contributed by atoms with van der Waals surface area (Å²) in [6.07, 6.45) is 2.60. The van der Waals surface area contributed by atoms with E-state index in [1.54, 1.807) is 0 Å². The third kappa shape index (κ3) is 1.79. The molecule has 1 aliphatic rings. The lowest BCUT2D eigenvalue weighted by molar-refractivity contribution is 0.395. The smallest absolute Gasteiger partial charge is 0.0814 e. The second-order valence-electron chi connectivity index (χ2n) is 1.10. The first-order chi connectivity index (χ1) is 2.50. The second kappa shape index (κ2) is 3.64. The minimum Gasteiger partial charge on any atom is -0.362 e. The Bertz CT molecular complexity index is 22.4. The minimum atomic E-state index is 0. The third-order valence-corrected chi connectivity index (χ3v) is 1.59. The van der Waals surface area contributed by atoms with Crippen molar-refractivity contribution in [2.75, 3.05) is 12.8 Å². The van der Waals surface area contributed by atoms with Crippen molar-refractivity contribution in [1.29, 1.82) is 0 Å². The van der Waals surface area contributed by atoms with Crippen molar-refractivity contribution in [2.45, 2.75) is 6.42 Å². The zero-order chi connectivity index (χ0) is 3.54. The average molecular weight is 104 g/mol. The molecule has 0 bridgehead atoms. The van der Waals surface area contributed by atoms with Crippen molar-refractivity contribution in [3.63, 3.8) is 0 Å². The van der Waals surface area contributed by atoms with Crippen LogP contribution >= 0.6 is 8.81 Å². The summed E-state index contributed by atoms with van der Waals surface area (Å²) in [4.78, 5) is 0. The highest BCUT2D eigenvalue weighted by Crippen LogP contribution is 2.19. The lowest BCUT2D eigenvalue weighted by Crippen LogP contribution is -1.69. The van der Waals surface area contributed by atoms with Gasteiger partial charge in [-0.2, -0.15) is 0 Å². The molecule has 0 aromatic rings. The lowest BCUT2D eigenvalue weighted by atomic mass is 10.5. The van der Waals surface area contributed by atoms with E-state index in [0.29, 0.717) is 0 Å². The van der Waals surface area contributed by atoms with E-state index in [9.17, 15) is 0 Å². The van der Waals surface area contributed by atoms with Gasteiger partial charge in [0.15, 0.2) is 0 Å². The third-order valence-electron chi connectivity index (χ3n) is 0.627. The van der Waals surface area contributed by atoms with E-state index in [1.165, 1.54) is 12.6 Å². The highest BCUT2D eigenvalue weighted by atomic mass is 31.1. The first kappa shape index (κ1) is 6.45. The Morgan fingerprint density at radius 2 is 2.33 bits per heavy atom. The predicted octanol–water partition coefficient (Wildman–Crippen LogP) is -0.184. The van der Waals surface area contributed by atoms with Crippen molar-refractivity contribution >= 4 is 17.2 Å². The van der Waals surface area contributed by atoms with Crippen molar-refractivity contribution in [3.05, 3.63) is 0 Å². The van der Waals surface area contributed by atoms with Gasteiger partial charge in [0.05, 0.1) is 15.0 Å². The molecule has 1 aliphatic heterocycles. The molecule has 1 fully saturated rings. The molecule has 0 N–H and O–H groups in total. The normalized spacial score (nSPS) is 24.0. The van der Waals surface area contributed by atoms with Gasteiger partial charge in [0.2, 0.25) is 0 Å². The SMILES string of the molecule is B.C1COPC1. The Hall–Kier alpha value is 0.455. The molecule has 1 saturated heterocycles. The molecule has 1 rings (SSSR count). The Labute approximate surface area is 41.9 Å². The molecule has 0 aromatic carbocycles. The first-order valence-corrected chi connectivity index (χ1v) is 2.96. The predicted molar refractivity (Wildman–Crippen MR) is 33.7 cm³/mol. The largest absolute Gasteiger partial charge is 0.362 e. The van der Waals surface area contributed by atoms with E-state index in [0.717, 1.165) is 15.4 Å². The van der Waals surface area contributed by atoms with Crippen molar-refractivity contribution in [2.24, 2.45) is 0 Å². The van der Waals surface area contributed by atoms with Crippen LogP contribution in [0.25, 0.3) is 0 Å². The fraction of sp³-hybridized carbons (Fsp3) is 1.00. The molecular formula is C3H10BOP. The molecule has 1 heterocycles. The lowest BCUT2D eigenvalue weighted by Gasteiger charge is -1.76. The fourth-order valence-electron chi connectivity index (χ4n) is 0.361. The maximum absolute atomic E-state index is 4.97. The summed E-state index contributed by atoms with van der Waals surface area (Å²) in [5.74, 6) is 0. The molecule has 36 valence electrons. The Morgan fingerprint density at radius 3 is 2.50 bits per heavy atom. The van der Waals surface area contributed by atoms with Crippen LogP contribution in [0, 0.1) is 0 Å². The summed E-state index contributed by atoms with van der Waals surface area (Å²) in [5.41, 5.74) is 0. The summed E-state index contributed by atoms with van der Waals surface area (Å²) in [5, 5.41) is 0. The van der Waals surface area contributed by atoms with Crippen molar-refractivity contribution in [1.82, 2.24) is 0 Å². The van der Waals surface area contributed by atoms with Gasteiger partial charge in [-0.3, -0.25) is 0 Å². The van der Waals surface area contributed by atoms with Gasteiger partial charge < -0.3 is 4.52 Å². The summed E-state index contributed by atoms with van der Waals surface area (Å²) >= 11 is 0. The van der Waals surface area contributed by atoms with Crippen LogP contribution in [0.4, 0.5) is 0 Å². The number of hydrogen-bond acceptors (Lipinski definition) is 1. The van der Waals surface area contributed by atoms with Gasteiger partial charge in [0.25, 0.3) is 0 Å². The molecule has 1 unspecified atom stereocenters. The summed E-state index contributed by atoms with van der Waals surface area (Å²) < 4.78 is 4.97. The van der Waals surface area contributed by atoms with E-state index in [1.807, 2.05) is 0 Å². The van der Waals surface area contributed by atoms with Crippen LogP contribution < -0.4 is 0 Å². The Balaban J connectivity index is 0.000000250. The van der Waals surface area contributed by atoms with Gasteiger partial charge in [-0.15, -0.1) is 0 Å². The molecule has 0 amide bonds. The van der Waals surface area contributed by atoms with Gasteiger partial charge >= 0.3 is 0 Å².